The standard InChI is InChI=1S/C16H12ClNO4S/c17-11-3-5-13(6-4-11)21-9-15(19)22-8-12-10-23-16(18-12)14-2-1-7-20-14/h1-7,10H,8-9H2. The molecule has 0 amide bonds. The van der Waals surface area contributed by atoms with Gasteiger partial charge in [-0.2, -0.15) is 0 Å². The zero-order valence-electron chi connectivity index (χ0n) is 11.9. The van der Waals surface area contributed by atoms with Gasteiger partial charge in [0, 0.05) is 10.4 Å². The molecule has 118 valence electrons. The lowest BCUT2D eigenvalue weighted by molar-refractivity contribution is -0.147. The maximum Gasteiger partial charge on any atom is 0.344 e. The maximum absolute atomic E-state index is 11.7. The first kappa shape index (κ1) is 15.6. The highest BCUT2D eigenvalue weighted by Crippen LogP contribution is 2.24. The van der Waals surface area contributed by atoms with Gasteiger partial charge in [0.25, 0.3) is 0 Å². The number of ether oxygens (including phenoxy) is 2. The van der Waals surface area contributed by atoms with E-state index in [2.05, 4.69) is 4.98 Å². The molecule has 0 fully saturated rings. The van der Waals surface area contributed by atoms with Gasteiger partial charge in [0.1, 0.15) is 12.4 Å². The number of furan rings is 1. The largest absolute Gasteiger partial charge is 0.482 e. The first-order valence-electron chi connectivity index (χ1n) is 6.73. The second-order valence-electron chi connectivity index (χ2n) is 4.52. The van der Waals surface area contributed by atoms with Crippen LogP contribution in [-0.2, 0) is 16.1 Å². The number of carbonyl (C=O) groups excluding carboxylic acids is 1. The Hall–Kier alpha value is -2.31. The van der Waals surface area contributed by atoms with E-state index in [9.17, 15) is 4.79 Å². The van der Waals surface area contributed by atoms with Crippen LogP contribution >= 0.6 is 22.9 Å². The van der Waals surface area contributed by atoms with Crippen molar-refractivity contribution in [3.8, 4) is 16.5 Å². The van der Waals surface area contributed by atoms with E-state index in [4.69, 9.17) is 25.5 Å². The van der Waals surface area contributed by atoms with Gasteiger partial charge in [-0.3, -0.25) is 0 Å². The molecule has 0 bridgehead atoms. The Balaban J connectivity index is 1.46. The monoisotopic (exact) mass is 349 g/mol. The lowest BCUT2D eigenvalue weighted by Gasteiger charge is -2.06. The van der Waals surface area contributed by atoms with Crippen molar-refractivity contribution in [1.82, 2.24) is 4.98 Å². The van der Waals surface area contributed by atoms with E-state index in [0.717, 1.165) is 5.01 Å². The molecule has 2 heterocycles. The Kier molecular flexibility index (Phi) is 4.95. The Bertz CT molecular complexity index is 768. The number of benzene rings is 1. The summed E-state index contributed by atoms with van der Waals surface area (Å²) >= 11 is 7.20. The molecule has 0 unspecified atom stereocenters. The number of hydrogen-bond acceptors (Lipinski definition) is 6. The minimum absolute atomic E-state index is 0.0972. The van der Waals surface area contributed by atoms with Gasteiger partial charge in [-0.05, 0) is 36.4 Å². The van der Waals surface area contributed by atoms with Gasteiger partial charge in [0.15, 0.2) is 17.4 Å². The molecule has 2 aromatic heterocycles. The van der Waals surface area contributed by atoms with Crippen molar-refractivity contribution in [2.45, 2.75) is 6.61 Å². The molecule has 7 heteroatoms. The van der Waals surface area contributed by atoms with E-state index in [1.165, 1.54) is 11.3 Å². The number of thiazole rings is 1. The lowest BCUT2D eigenvalue weighted by Crippen LogP contribution is -2.14. The fourth-order valence-corrected chi connectivity index (χ4v) is 2.65. The van der Waals surface area contributed by atoms with Crippen LogP contribution in [0.2, 0.25) is 5.02 Å². The molecule has 3 aromatic rings. The summed E-state index contributed by atoms with van der Waals surface area (Å²) in [6.07, 6.45) is 1.59. The minimum atomic E-state index is -0.465. The molecule has 0 saturated carbocycles. The molecular weight excluding hydrogens is 338 g/mol. The van der Waals surface area contributed by atoms with Crippen molar-refractivity contribution in [2.75, 3.05) is 6.61 Å². The summed E-state index contributed by atoms with van der Waals surface area (Å²) < 4.78 is 15.7. The Morgan fingerprint density at radius 2 is 2.09 bits per heavy atom. The number of esters is 1. The van der Waals surface area contributed by atoms with Gasteiger partial charge in [-0.25, -0.2) is 9.78 Å². The predicted molar refractivity (Wildman–Crippen MR) is 86.6 cm³/mol. The number of aromatic nitrogens is 1. The zero-order chi connectivity index (χ0) is 16.1. The van der Waals surface area contributed by atoms with E-state index >= 15 is 0 Å². The molecule has 0 spiro atoms. The average molecular weight is 350 g/mol. The molecule has 0 radical (unpaired) electrons. The average Bonchev–Trinajstić information content (AvgIpc) is 3.23. The number of nitrogens with zero attached hydrogens (tertiary/aromatic N) is 1. The fraction of sp³-hybridized carbons (Fsp3) is 0.125. The summed E-state index contributed by atoms with van der Waals surface area (Å²) in [5.74, 6) is 0.784. The molecule has 0 N–H and O–H groups in total. The summed E-state index contributed by atoms with van der Waals surface area (Å²) in [4.78, 5) is 16.0. The van der Waals surface area contributed by atoms with Crippen molar-refractivity contribution >= 4 is 28.9 Å². The van der Waals surface area contributed by atoms with Crippen molar-refractivity contribution in [1.29, 1.82) is 0 Å². The summed E-state index contributed by atoms with van der Waals surface area (Å²) in [5.41, 5.74) is 0.668. The molecule has 1 aromatic carbocycles. The minimum Gasteiger partial charge on any atom is -0.482 e. The first-order chi connectivity index (χ1) is 11.2. The number of halogens is 1. The topological polar surface area (TPSA) is 61.6 Å². The van der Waals surface area contributed by atoms with Crippen LogP contribution in [-0.4, -0.2) is 17.6 Å². The molecular formula is C16H12ClNO4S. The van der Waals surface area contributed by atoms with E-state index in [1.54, 1.807) is 36.6 Å². The van der Waals surface area contributed by atoms with Gasteiger partial charge in [-0.1, -0.05) is 11.6 Å². The van der Waals surface area contributed by atoms with E-state index in [-0.39, 0.29) is 13.2 Å². The molecule has 0 aliphatic heterocycles. The first-order valence-corrected chi connectivity index (χ1v) is 7.99. The summed E-state index contributed by atoms with van der Waals surface area (Å²) in [5, 5.41) is 3.18. The Morgan fingerprint density at radius 1 is 1.26 bits per heavy atom. The molecule has 3 rings (SSSR count). The quantitative estimate of drug-likeness (QED) is 0.625. The second-order valence-corrected chi connectivity index (χ2v) is 5.82. The maximum atomic E-state index is 11.7. The van der Waals surface area contributed by atoms with Gasteiger partial charge in [0.05, 0.1) is 12.0 Å². The highest BCUT2D eigenvalue weighted by molar-refractivity contribution is 7.13. The molecule has 0 aliphatic rings. The van der Waals surface area contributed by atoms with Gasteiger partial charge in [0.2, 0.25) is 0 Å². The smallest absolute Gasteiger partial charge is 0.344 e. The molecule has 0 aliphatic carbocycles. The second kappa shape index (κ2) is 7.30. The van der Waals surface area contributed by atoms with Crippen LogP contribution in [0.15, 0.2) is 52.5 Å². The van der Waals surface area contributed by atoms with E-state index < -0.39 is 5.97 Å². The molecule has 23 heavy (non-hydrogen) atoms. The van der Waals surface area contributed by atoms with Crippen LogP contribution in [0.3, 0.4) is 0 Å². The summed E-state index contributed by atoms with van der Waals surface area (Å²) in [6.45, 7) is -0.0726. The highest BCUT2D eigenvalue weighted by atomic mass is 35.5. The van der Waals surface area contributed by atoms with Crippen molar-refractivity contribution in [3.05, 3.63) is 58.8 Å². The molecule has 0 atom stereocenters. The van der Waals surface area contributed by atoms with Gasteiger partial charge < -0.3 is 13.9 Å². The van der Waals surface area contributed by atoms with Crippen molar-refractivity contribution < 1.29 is 18.7 Å². The Labute approximate surface area is 141 Å². The SMILES string of the molecule is O=C(COc1ccc(Cl)cc1)OCc1csc(-c2ccco2)n1. The van der Waals surface area contributed by atoms with Gasteiger partial charge >= 0.3 is 5.97 Å². The third-order valence-corrected chi connectivity index (χ3v) is 3.99. The summed E-state index contributed by atoms with van der Waals surface area (Å²) in [7, 11) is 0. The molecule has 5 nitrogen and oxygen atoms in total. The van der Waals surface area contributed by atoms with Crippen LogP contribution in [0.25, 0.3) is 10.8 Å². The van der Waals surface area contributed by atoms with Crippen LogP contribution in [0.4, 0.5) is 0 Å². The van der Waals surface area contributed by atoms with Crippen LogP contribution < -0.4 is 4.74 Å². The molecule has 0 saturated heterocycles. The Morgan fingerprint density at radius 3 is 2.83 bits per heavy atom. The normalized spacial score (nSPS) is 10.5. The van der Waals surface area contributed by atoms with Crippen LogP contribution in [0, 0.1) is 0 Å². The highest BCUT2D eigenvalue weighted by Gasteiger charge is 2.10. The third kappa shape index (κ3) is 4.34. The number of rotatable bonds is 6. The van der Waals surface area contributed by atoms with Crippen molar-refractivity contribution in [3.63, 3.8) is 0 Å². The summed E-state index contributed by atoms with van der Waals surface area (Å²) in [6, 6.07) is 10.4. The van der Waals surface area contributed by atoms with Crippen molar-refractivity contribution in [2.24, 2.45) is 0 Å². The van der Waals surface area contributed by atoms with Crippen LogP contribution in [0.1, 0.15) is 5.69 Å². The van der Waals surface area contributed by atoms with Gasteiger partial charge in [-0.15, -0.1) is 11.3 Å². The predicted octanol–water partition coefficient (Wildman–Crippen LogP) is 4.18. The lowest BCUT2D eigenvalue weighted by atomic mass is 10.3. The number of carbonyl (C=O) groups is 1. The van der Waals surface area contributed by atoms with Crippen LogP contribution in [0.5, 0.6) is 5.75 Å². The fourth-order valence-electron chi connectivity index (χ4n) is 1.76. The van der Waals surface area contributed by atoms with E-state index in [0.29, 0.717) is 22.2 Å². The zero-order valence-corrected chi connectivity index (χ0v) is 13.5. The van der Waals surface area contributed by atoms with E-state index in [1.807, 2.05) is 11.4 Å². The number of hydrogen-bond donors (Lipinski definition) is 0. The third-order valence-electron chi connectivity index (χ3n) is 2.84.